The summed E-state index contributed by atoms with van der Waals surface area (Å²) in [5.74, 6) is 0. The molecule has 0 atom stereocenters. The van der Waals surface area contributed by atoms with Crippen molar-refractivity contribution in [2.45, 2.75) is 97.0 Å². The van der Waals surface area contributed by atoms with Gasteiger partial charge in [0.2, 0.25) is 0 Å². The molecular weight excluding hydrogens is 324 g/mol. The van der Waals surface area contributed by atoms with Crippen LogP contribution in [0.4, 0.5) is 9.18 Å². The molecule has 1 saturated heterocycles. The summed E-state index contributed by atoms with van der Waals surface area (Å²) >= 11 is 0. The van der Waals surface area contributed by atoms with Gasteiger partial charge in [-0.3, -0.25) is 0 Å². The maximum Gasteiger partial charge on any atom is 0.525 e. The van der Waals surface area contributed by atoms with Gasteiger partial charge in [0, 0.05) is 6.04 Å². The van der Waals surface area contributed by atoms with Crippen LogP contribution in [0.5, 0.6) is 0 Å². The molecule has 2 aliphatic rings. The summed E-state index contributed by atoms with van der Waals surface area (Å²) in [4.78, 5) is 11.8. The van der Waals surface area contributed by atoms with Crippen LogP contribution in [0.2, 0.25) is 0 Å². The highest BCUT2D eigenvalue weighted by Crippen LogP contribution is 2.40. The van der Waals surface area contributed by atoms with Crippen LogP contribution in [0.25, 0.3) is 0 Å². The van der Waals surface area contributed by atoms with Crippen molar-refractivity contribution in [3.63, 3.8) is 0 Å². The van der Waals surface area contributed by atoms with Crippen LogP contribution < -0.4 is 5.32 Å². The minimum atomic E-state index is -0.935. The number of halogens is 1. The van der Waals surface area contributed by atoms with Crippen LogP contribution in [0.3, 0.4) is 0 Å². The topological polar surface area (TPSA) is 56.8 Å². The molecule has 0 aromatic rings. The number of carbonyl (C=O) groups is 1. The Kier molecular flexibility index (Phi) is 5.60. The monoisotopic (exact) mass is 355 g/mol. The molecule has 2 rings (SSSR count). The van der Waals surface area contributed by atoms with Gasteiger partial charge < -0.3 is 19.4 Å². The predicted molar refractivity (Wildman–Crippen MR) is 95.8 cm³/mol. The minimum Gasteiger partial charge on any atom is -0.444 e. The van der Waals surface area contributed by atoms with E-state index in [9.17, 15) is 9.18 Å². The lowest BCUT2D eigenvalue weighted by molar-refractivity contribution is 0.00578. The number of amides is 1. The number of rotatable bonds is 2. The Morgan fingerprint density at radius 2 is 1.64 bits per heavy atom. The first-order valence-corrected chi connectivity index (χ1v) is 9.03. The number of allylic oxidation sites excluding steroid dienone is 1. The summed E-state index contributed by atoms with van der Waals surface area (Å²) in [6.45, 7) is 13.1. The van der Waals surface area contributed by atoms with E-state index < -0.39 is 30.0 Å². The molecule has 142 valence electrons. The van der Waals surface area contributed by atoms with Gasteiger partial charge in [-0.25, -0.2) is 9.18 Å². The quantitative estimate of drug-likeness (QED) is 0.750. The van der Waals surface area contributed by atoms with E-state index in [4.69, 9.17) is 14.0 Å². The lowest BCUT2D eigenvalue weighted by atomic mass is 9.79. The molecule has 5 nitrogen and oxygen atoms in total. The van der Waals surface area contributed by atoms with Crippen molar-refractivity contribution in [2.24, 2.45) is 0 Å². The van der Waals surface area contributed by atoms with Crippen molar-refractivity contribution in [1.82, 2.24) is 5.32 Å². The summed E-state index contributed by atoms with van der Waals surface area (Å²) < 4.78 is 31.6. The van der Waals surface area contributed by atoms with E-state index in [1.165, 1.54) is 0 Å². The van der Waals surface area contributed by atoms with Crippen LogP contribution in [0.15, 0.2) is 11.3 Å². The largest absolute Gasteiger partial charge is 0.525 e. The molecule has 1 N–H and O–H groups in total. The Bertz CT molecular complexity index is 528. The van der Waals surface area contributed by atoms with Crippen molar-refractivity contribution >= 4 is 13.2 Å². The third-order valence-corrected chi connectivity index (χ3v) is 5.11. The molecule has 2 fully saturated rings. The van der Waals surface area contributed by atoms with Crippen molar-refractivity contribution in [2.75, 3.05) is 0 Å². The smallest absolute Gasteiger partial charge is 0.444 e. The second kappa shape index (κ2) is 6.91. The van der Waals surface area contributed by atoms with Crippen molar-refractivity contribution < 1.29 is 23.2 Å². The molecule has 0 aromatic heterocycles. The van der Waals surface area contributed by atoms with E-state index >= 15 is 0 Å². The van der Waals surface area contributed by atoms with E-state index in [2.05, 4.69) is 5.32 Å². The minimum absolute atomic E-state index is 0.00435. The summed E-state index contributed by atoms with van der Waals surface area (Å²) in [5.41, 5.74) is -1.21. The van der Waals surface area contributed by atoms with Gasteiger partial charge in [0.1, 0.15) is 11.3 Å². The average molecular weight is 355 g/mol. The molecule has 0 radical (unpaired) electrons. The maximum absolute atomic E-state index is 14.8. The molecule has 0 aromatic carbocycles. The Morgan fingerprint density at radius 3 is 2.08 bits per heavy atom. The first kappa shape index (κ1) is 20.2. The average Bonchev–Trinajstić information content (AvgIpc) is 2.65. The zero-order valence-corrected chi connectivity index (χ0v) is 16.5. The standard InChI is InChI=1S/C18H31BFNO4/c1-16(2,3)23-15(22)21-13-10-8-12(9-11-13)14(20)19-24-17(4,5)18(6,7)25-19/h13H,8-11H2,1-7H3,(H,21,22). The zero-order valence-electron chi connectivity index (χ0n) is 16.5. The Labute approximate surface area is 150 Å². The fraction of sp³-hybridized carbons (Fsp3) is 0.833. The molecule has 0 bridgehead atoms. The number of alkyl carbamates (subject to hydrolysis) is 1. The van der Waals surface area contributed by atoms with Crippen LogP contribution in [0.1, 0.15) is 74.1 Å². The summed E-state index contributed by atoms with van der Waals surface area (Å²) in [5, 5.41) is 2.86. The van der Waals surface area contributed by atoms with E-state index in [0.717, 1.165) is 5.57 Å². The molecule has 1 saturated carbocycles. The highest BCUT2D eigenvalue weighted by atomic mass is 19.1. The lowest BCUT2D eigenvalue weighted by Crippen LogP contribution is -2.41. The Morgan fingerprint density at radius 1 is 1.16 bits per heavy atom. The lowest BCUT2D eigenvalue weighted by Gasteiger charge is -2.32. The molecule has 25 heavy (non-hydrogen) atoms. The predicted octanol–water partition coefficient (Wildman–Crippen LogP) is 4.31. The van der Waals surface area contributed by atoms with Crippen molar-refractivity contribution in [1.29, 1.82) is 0 Å². The first-order valence-electron chi connectivity index (χ1n) is 9.03. The summed E-state index contributed by atoms with van der Waals surface area (Å²) in [6, 6.07) is 0.00435. The third-order valence-electron chi connectivity index (χ3n) is 5.11. The van der Waals surface area contributed by atoms with Gasteiger partial charge in [-0.2, -0.15) is 0 Å². The fourth-order valence-electron chi connectivity index (χ4n) is 2.94. The SMILES string of the molecule is CC(C)(C)OC(=O)NC1CCC(=C(F)B2OC(C)(C)C(C)(C)O2)CC1. The molecule has 7 heteroatoms. The molecule has 1 amide bonds. The third kappa shape index (κ3) is 4.97. The second-order valence-electron chi connectivity index (χ2n) is 8.96. The molecule has 1 aliphatic carbocycles. The van der Waals surface area contributed by atoms with Gasteiger partial charge in [-0.05, 0) is 79.7 Å². The number of nitrogens with one attached hydrogen (secondary N) is 1. The van der Waals surface area contributed by atoms with Crippen molar-refractivity contribution in [3.05, 3.63) is 11.3 Å². The molecule has 1 aliphatic heterocycles. The fourth-order valence-corrected chi connectivity index (χ4v) is 2.94. The van der Waals surface area contributed by atoms with Crippen molar-refractivity contribution in [3.8, 4) is 0 Å². The zero-order chi connectivity index (χ0) is 19.0. The molecule has 0 spiro atoms. The van der Waals surface area contributed by atoms with Gasteiger partial charge in [-0.1, -0.05) is 0 Å². The van der Waals surface area contributed by atoms with Crippen LogP contribution in [-0.2, 0) is 14.0 Å². The molecule has 1 heterocycles. The van der Waals surface area contributed by atoms with Crippen LogP contribution >= 0.6 is 0 Å². The number of ether oxygens (including phenoxy) is 1. The van der Waals surface area contributed by atoms with Gasteiger partial charge in [0.25, 0.3) is 0 Å². The van der Waals surface area contributed by atoms with Crippen LogP contribution in [-0.4, -0.2) is 36.1 Å². The van der Waals surface area contributed by atoms with E-state index in [0.29, 0.717) is 25.7 Å². The highest BCUT2D eigenvalue weighted by molar-refractivity contribution is 6.53. The number of hydrogen-bond donors (Lipinski definition) is 1. The normalized spacial score (nSPS) is 25.7. The highest BCUT2D eigenvalue weighted by Gasteiger charge is 2.53. The Hall–Kier alpha value is -1.08. The van der Waals surface area contributed by atoms with Gasteiger partial charge in [0.05, 0.1) is 11.2 Å². The molecular formula is C18H31BFNO4. The van der Waals surface area contributed by atoms with E-state index in [1.807, 2.05) is 48.5 Å². The Balaban J connectivity index is 1.91. The first-order chi connectivity index (χ1) is 11.3. The van der Waals surface area contributed by atoms with E-state index in [1.54, 1.807) is 0 Å². The van der Waals surface area contributed by atoms with Crippen LogP contribution in [0, 0.1) is 0 Å². The van der Waals surface area contributed by atoms with Gasteiger partial charge >= 0.3 is 13.2 Å². The van der Waals surface area contributed by atoms with Gasteiger partial charge in [-0.15, -0.1) is 0 Å². The van der Waals surface area contributed by atoms with E-state index in [-0.39, 0.29) is 11.8 Å². The summed E-state index contributed by atoms with van der Waals surface area (Å²) in [7, 11) is -0.935. The summed E-state index contributed by atoms with van der Waals surface area (Å²) in [6.07, 6.45) is 2.10. The maximum atomic E-state index is 14.8. The number of hydrogen-bond acceptors (Lipinski definition) is 4. The number of carbonyl (C=O) groups excluding carboxylic acids is 1. The second-order valence-corrected chi connectivity index (χ2v) is 8.96. The van der Waals surface area contributed by atoms with Gasteiger partial charge in [0.15, 0.2) is 0 Å². The molecule has 0 unspecified atom stereocenters.